The van der Waals surface area contributed by atoms with E-state index in [4.69, 9.17) is 24.4 Å². The summed E-state index contributed by atoms with van der Waals surface area (Å²) in [6.07, 6.45) is -1.07. The minimum Gasteiger partial charge on any atom is -0.493 e. The number of nitrogens with one attached hydrogen (secondary N) is 1. The molecule has 5 rings (SSSR count). The maximum atomic E-state index is 13.4. The van der Waals surface area contributed by atoms with E-state index in [-0.39, 0.29) is 17.9 Å². The highest BCUT2D eigenvalue weighted by Gasteiger charge is 2.44. The molecule has 36 heavy (non-hydrogen) atoms. The number of hydrogen-bond acceptors (Lipinski definition) is 7. The van der Waals surface area contributed by atoms with E-state index in [0.717, 1.165) is 0 Å². The third-order valence-electron chi connectivity index (χ3n) is 5.87. The molecular weight excluding hydrogens is 464 g/mol. The van der Waals surface area contributed by atoms with Crippen LogP contribution in [-0.2, 0) is 9.59 Å². The van der Waals surface area contributed by atoms with E-state index in [1.165, 1.54) is 7.11 Å². The van der Waals surface area contributed by atoms with Crippen LogP contribution in [-0.4, -0.2) is 31.6 Å². The van der Waals surface area contributed by atoms with Gasteiger partial charge in [-0.2, -0.15) is 0 Å². The number of ether oxygens (including phenoxy) is 3. The molecule has 1 aromatic heterocycles. The van der Waals surface area contributed by atoms with E-state index in [9.17, 15) is 14.4 Å². The largest absolute Gasteiger partial charge is 0.493 e. The molecule has 9 heteroatoms. The van der Waals surface area contributed by atoms with Crippen LogP contribution in [0.15, 0.2) is 82.0 Å². The van der Waals surface area contributed by atoms with Gasteiger partial charge in [-0.15, -0.1) is 0 Å². The number of carbonyl (C=O) groups is 2. The smallest absolute Gasteiger partial charge is 0.344 e. The summed E-state index contributed by atoms with van der Waals surface area (Å²) in [5, 5.41) is 3.44. The molecule has 1 aliphatic rings. The average Bonchev–Trinajstić information content (AvgIpc) is 3.30. The zero-order valence-corrected chi connectivity index (χ0v) is 19.2. The summed E-state index contributed by atoms with van der Waals surface area (Å²) < 4.78 is 22.6. The van der Waals surface area contributed by atoms with Gasteiger partial charge < -0.3 is 29.7 Å². The Morgan fingerprint density at radius 1 is 1.00 bits per heavy atom. The summed E-state index contributed by atoms with van der Waals surface area (Å²) in [5.74, 6) is -0.985. The number of hydrogen-bond donors (Lipinski definition) is 2. The maximum Gasteiger partial charge on any atom is 0.344 e. The van der Waals surface area contributed by atoms with Crippen LogP contribution < -0.4 is 30.9 Å². The molecule has 3 N–H and O–H groups in total. The number of carbonyl (C=O) groups excluding carboxylic acids is 2. The minimum atomic E-state index is -1.07. The Kier molecular flexibility index (Phi) is 6.03. The third-order valence-corrected chi connectivity index (χ3v) is 5.87. The third kappa shape index (κ3) is 4.22. The van der Waals surface area contributed by atoms with Gasteiger partial charge in [0.1, 0.15) is 11.3 Å². The lowest BCUT2D eigenvalue weighted by Crippen LogP contribution is -2.35. The first-order chi connectivity index (χ1) is 17.5. The van der Waals surface area contributed by atoms with Crippen LogP contribution >= 0.6 is 0 Å². The van der Waals surface area contributed by atoms with Crippen LogP contribution in [0.2, 0.25) is 0 Å². The van der Waals surface area contributed by atoms with E-state index in [1.54, 1.807) is 66.7 Å². The van der Waals surface area contributed by atoms with E-state index < -0.39 is 29.5 Å². The highest BCUT2D eigenvalue weighted by atomic mass is 16.5. The number of anilines is 1. The van der Waals surface area contributed by atoms with E-state index in [2.05, 4.69) is 5.32 Å². The van der Waals surface area contributed by atoms with Crippen molar-refractivity contribution in [2.45, 2.75) is 12.0 Å². The van der Waals surface area contributed by atoms with Gasteiger partial charge in [0.2, 0.25) is 0 Å². The zero-order valence-electron chi connectivity index (χ0n) is 19.2. The molecule has 2 heterocycles. The molecule has 0 fully saturated rings. The molecule has 0 unspecified atom stereocenters. The van der Waals surface area contributed by atoms with Crippen molar-refractivity contribution >= 4 is 28.5 Å². The fourth-order valence-electron chi connectivity index (χ4n) is 4.30. The highest BCUT2D eigenvalue weighted by molar-refractivity contribution is 5.97. The fourth-order valence-corrected chi connectivity index (χ4v) is 4.30. The molecule has 2 atom stereocenters. The Morgan fingerprint density at radius 3 is 2.50 bits per heavy atom. The highest BCUT2D eigenvalue weighted by Crippen LogP contribution is 2.46. The molecule has 0 saturated heterocycles. The Bertz CT molecular complexity index is 1510. The van der Waals surface area contributed by atoms with Gasteiger partial charge in [-0.1, -0.05) is 36.4 Å². The minimum absolute atomic E-state index is 0.231. The fraction of sp³-hybridized carbons (Fsp3) is 0.148. The van der Waals surface area contributed by atoms with Gasteiger partial charge in [0.05, 0.1) is 24.0 Å². The van der Waals surface area contributed by atoms with Crippen molar-refractivity contribution in [3.63, 3.8) is 0 Å². The lowest BCUT2D eigenvalue weighted by Gasteiger charge is -2.20. The number of benzene rings is 3. The summed E-state index contributed by atoms with van der Waals surface area (Å²) in [6, 6.07) is 20.8. The summed E-state index contributed by atoms with van der Waals surface area (Å²) in [7, 11) is 1.44. The topological polar surface area (TPSA) is 130 Å². The second-order valence-electron chi connectivity index (χ2n) is 8.17. The maximum absolute atomic E-state index is 13.4. The number of amides is 2. The van der Waals surface area contributed by atoms with Crippen LogP contribution in [0.4, 0.5) is 5.69 Å². The standard InChI is InChI=1S/C27H22N2O7/c1-33-20-13-15(11-12-19(20)34-14-21(28)30)22-23-24(17-9-5-6-10-18(17)35-27(23)32)36-25(22)26(31)29-16-7-3-2-4-8-16/h2-13,22,25H,14H2,1H3,(H2,28,30)(H,29,31)/t22-,25-/m0/s1. The predicted octanol–water partition coefficient (Wildman–Crippen LogP) is 3.20. The van der Waals surface area contributed by atoms with Crippen molar-refractivity contribution in [3.05, 3.63) is 94.3 Å². The van der Waals surface area contributed by atoms with E-state index in [0.29, 0.717) is 33.7 Å². The van der Waals surface area contributed by atoms with Crippen molar-refractivity contribution in [2.24, 2.45) is 5.73 Å². The lowest BCUT2D eigenvalue weighted by molar-refractivity contribution is -0.122. The lowest BCUT2D eigenvalue weighted by atomic mass is 9.88. The molecule has 0 radical (unpaired) electrons. The first kappa shape index (κ1) is 23.0. The molecule has 0 spiro atoms. The summed E-state index contributed by atoms with van der Waals surface area (Å²) >= 11 is 0. The normalized spacial score (nSPS) is 16.1. The molecule has 4 aromatic rings. The molecular formula is C27H22N2O7. The second kappa shape index (κ2) is 9.46. The van der Waals surface area contributed by atoms with Crippen molar-refractivity contribution in [1.82, 2.24) is 0 Å². The Morgan fingerprint density at radius 2 is 1.75 bits per heavy atom. The summed E-state index contributed by atoms with van der Waals surface area (Å²) in [4.78, 5) is 37.7. The average molecular weight is 486 g/mol. The van der Waals surface area contributed by atoms with Crippen molar-refractivity contribution < 1.29 is 28.2 Å². The van der Waals surface area contributed by atoms with Gasteiger partial charge in [0.15, 0.2) is 24.2 Å². The molecule has 9 nitrogen and oxygen atoms in total. The quantitative estimate of drug-likeness (QED) is 0.384. The molecule has 1 aliphatic heterocycles. The summed E-state index contributed by atoms with van der Waals surface area (Å²) in [5.41, 5.74) is 6.32. The van der Waals surface area contributed by atoms with E-state index in [1.807, 2.05) is 6.07 Å². The van der Waals surface area contributed by atoms with Crippen LogP contribution in [0, 0.1) is 0 Å². The first-order valence-corrected chi connectivity index (χ1v) is 11.1. The number of para-hydroxylation sites is 2. The first-order valence-electron chi connectivity index (χ1n) is 11.1. The monoisotopic (exact) mass is 486 g/mol. The van der Waals surface area contributed by atoms with Gasteiger partial charge in [-0.3, -0.25) is 9.59 Å². The number of fused-ring (bicyclic) bond motifs is 3. The van der Waals surface area contributed by atoms with Crippen LogP contribution in [0.1, 0.15) is 17.0 Å². The zero-order chi connectivity index (χ0) is 25.2. The molecule has 3 aromatic carbocycles. The number of nitrogens with two attached hydrogens (primary N) is 1. The van der Waals surface area contributed by atoms with Gasteiger partial charge >= 0.3 is 5.63 Å². The SMILES string of the molecule is COc1cc([C@H]2c3c(c4ccccc4oc3=O)O[C@@H]2C(=O)Nc2ccccc2)ccc1OCC(N)=O. The van der Waals surface area contributed by atoms with Crippen molar-refractivity contribution in [2.75, 3.05) is 19.0 Å². The number of rotatable bonds is 7. The summed E-state index contributed by atoms with van der Waals surface area (Å²) in [6.45, 7) is -0.331. The molecule has 0 saturated carbocycles. The van der Waals surface area contributed by atoms with Gasteiger partial charge in [-0.25, -0.2) is 4.79 Å². The Balaban J connectivity index is 1.62. The van der Waals surface area contributed by atoms with Crippen molar-refractivity contribution in [1.29, 1.82) is 0 Å². The molecule has 182 valence electrons. The Labute approximate surface area is 205 Å². The second-order valence-corrected chi connectivity index (χ2v) is 8.17. The molecule has 2 amide bonds. The number of methoxy groups -OCH3 is 1. The predicted molar refractivity (Wildman–Crippen MR) is 131 cm³/mol. The molecule has 0 aliphatic carbocycles. The van der Waals surface area contributed by atoms with Gasteiger partial charge in [0, 0.05) is 5.69 Å². The van der Waals surface area contributed by atoms with Crippen molar-refractivity contribution in [3.8, 4) is 17.2 Å². The van der Waals surface area contributed by atoms with Crippen LogP contribution in [0.5, 0.6) is 17.2 Å². The molecule has 0 bridgehead atoms. The Hall–Kier alpha value is -4.79. The van der Waals surface area contributed by atoms with Gasteiger partial charge in [0.25, 0.3) is 11.8 Å². The van der Waals surface area contributed by atoms with Gasteiger partial charge in [-0.05, 0) is 42.0 Å². The number of primary amides is 1. The van der Waals surface area contributed by atoms with Crippen LogP contribution in [0.25, 0.3) is 11.0 Å². The van der Waals surface area contributed by atoms with E-state index >= 15 is 0 Å². The van der Waals surface area contributed by atoms with Crippen LogP contribution in [0.3, 0.4) is 0 Å².